The molecule has 0 aliphatic heterocycles. The van der Waals surface area contributed by atoms with Crippen molar-refractivity contribution in [2.24, 2.45) is 12.1 Å². The molecule has 2 aromatic rings. The maximum Gasteiger partial charge on any atom is 0.289 e. The smallest absolute Gasteiger partial charge is 0.266 e. The zero-order valence-electron chi connectivity index (χ0n) is 9.67. The first-order valence-corrected chi connectivity index (χ1v) is 5.62. The van der Waals surface area contributed by atoms with Gasteiger partial charge in [-0.05, 0) is 12.1 Å². The van der Waals surface area contributed by atoms with Crippen LogP contribution in [0.1, 0.15) is 16.1 Å². The molecule has 0 unspecified atom stereocenters. The number of carbonyl (C=O) groups is 1. The van der Waals surface area contributed by atoms with Gasteiger partial charge in [0.25, 0.3) is 5.91 Å². The highest BCUT2D eigenvalue weighted by Crippen LogP contribution is 2.12. The van der Waals surface area contributed by atoms with Gasteiger partial charge in [0, 0.05) is 23.8 Å². The molecule has 1 amide bonds. The van der Waals surface area contributed by atoms with Gasteiger partial charge in [-0.1, -0.05) is 29.8 Å². The Hall–Kier alpha value is -2.14. The first-order valence-electron chi connectivity index (χ1n) is 5.24. The van der Waals surface area contributed by atoms with E-state index in [1.807, 2.05) is 18.2 Å². The topological polar surface area (TPSA) is 59.3 Å². The Kier molecular flexibility index (Phi) is 3.74. The van der Waals surface area contributed by atoms with Gasteiger partial charge in [-0.15, -0.1) is 0 Å². The summed E-state index contributed by atoms with van der Waals surface area (Å²) in [5.74, 6) is -0.321. The summed E-state index contributed by atoms with van der Waals surface area (Å²) in [6.45, 7) is 0. The Balaban J connectivity index is 2.03. The van der Waals surface area contributed by atoms with E-state index in [2.05, 4.69) is 15.6 Å². The van der Waals surface area contributed by atoms with Gasteiger partial charge < -0.3 is 0 Å². The molecule has 2 rings (SSSR count). The third-order valence-corrected chi connectivity index (χ3v) is 2.67. The molecule has 0 aliphatic rings. The van der Waals surface area contributed by atoms with Crippen LogP contribution in [0.3, 0.4) is 0 Å². The highest BCUT2D eigenvalue weighted by molar-refractivity contribution is 6.33. The number of nitrogens with one attached hydrogen (secondary N) is 1. The maximum atomic E-state index is 11.7. The van der Waals surface area contributed by atoms with Crippen molar-refractivity contribution in [3.05, 3.63) is 52.8 Å². The molecule has 0 bridgehead atoms. The van der Waals surface area contributed by atoms with Crippen molar-refractivity contribution in [3.8, 4) is 0 Å². The molecule has 0 saturated heterocycles. The number of carbonyl (C=O) groups excluding carboxylic acids is 1. The molecule has 6 heteroatoms. The van der Waals surface area contributed by atoms with Crippen LogP contribution in [0.2, 0.25) is 5.02 Å². The molecule has 0 fully saturated rings. The Morgan fingerprint density at radius 1 is 1.44 bits per heavy atom. The number of hydrazone groups is 1. The zero-order valence-corrected chi connectivity index (χ0v) is 10.4. The number of nitrogens with zero attached hydrogens (tertiary/aromatic N) is 3. The Morgan fingerprint density at radius 3 is 2.89 bits per heavy atom. The molecule has 0 saturated carbocycles. The second-order valence-corrected chi connectivity index (χ2v) is 3.97. The molecule has 1 aromatic heterocycles. The summed E-state index contributed by atoms with van der Waals surface area (Å²) in [7, 11) is 1.69. The van der Waals surface area contributed by atoms with Gasteiger partial charge in [0.2, 0.25) is 0 Å². The van der Waals surface area contributed by atoms with Crippen LogP contribution in [-0.4, -0.2) is 21.9 Å². The molecule has 1 heterocycles. The van der Waals surface area contributed by atoms with Crippen LogP contribution >= 0.6 is 11.6 Å². The van der Waals surface area contributed by atoms with Crippen LogP contribution < -0.4 is 5.43 Å². The van der Waals surface area contributed by atoms with Crippen molar-refractivity contribution in [2.75, 3.05) is 0 Å². The summed E-state index contributed by atoms with van der Waals surface area (Å²) in [5.41, 5.74) is 3.59. The molecular weight excluding hydrogens is 252 g/mol. The molecule has 92 valence electrons. The standard InChI is InChI=1S/C12H11ClN4O/c1-17-11(6-7-15-17)12(18)16-14-8-9-4-2-3-5-10(9)13/h2-8H,1H3,(H,16,18)/b14-8-. The molecule has 0 spiro atoms. The monoisotopic (exact) mass is 262 g/mol. The number of hydrogen-bond acceptors (Lipinski definition) is 3. The molecule has 1 aromatic carbocycles. The SMILES string of the molecule is Cn1nccc1C(=O)N/N=C\c1ccccc1Cl. The van der Waals surface area contributed by atoms with Gasteiger partial charge in [-0.25, -0.2) is 5.43 Å². The number of aryl methyl sites for hydroxylation is 1. The van der Waals surface area contributed by atoms with E-state index in [1.54, 1.807) is 25.4 Å². The number of rotatable bonds is 3. The number of aromatic nitrogens is 2. The average molecular weight is 263 g/mol. The summed E-state index contributed by atoms with van der Waals surface area (Å²) in [4.78, 5) is 11.7. The van der Waals surface area contributed by atoms with E-state index in [1.165, 1.54) is 10.9 Å². The van der Waals surface area contributed by atoms with E-state index in [0.29, 0.717) is 10.7 Å². The predicted molar refractivity (Wildman–Crippen MR) is 69.7 cm³/mol. The van der Waals surface area contributed by atoms with Crippen LogP contribution in [-0.2, 0) is 7.05 Å². The van der Waals surface area contributed by atoms with Crippen molar-refractivity contribution >= 4 is 23.7 Å². The second-order valence-electron chi connectivity index (χ2n) is 3.56. The van der Waals surface area contributed by atoms with Gasteiger partial charge in [0.1, 0.15) is 5.69 Å². The molecule has 5 nitrogen and oxygen atoms in total. The predicted octanol–water partition coefficient (Wildman–Crippen LogP) is 1.84. The second kappa shape index (κ2) is 5.46. The van der Waals surface area contributed by atoms with Gasteiger partial charge in [-0.3, -0.25) is 9.48 Å². The normalized spacial score (nSPS) is 10.8. The van der Waals surface area contributed by atoms with Crippen LogP contribution in [0.5, 0.6) is 0 Å². The molecule has 0 atom stereocenters. The van der Waals surface area contributed by atoms with Crippen molar-refractivity contribution in [1.82, 2.24) is 15.2 Å². The van der Waals surface area contributed by atoms with E-state index < -0.39 is 0 Å². The summed E-state index contributed by atoms with van der Waals surface area (Å²) >= 11 is 5.95. The third-order valence-electron chi connectivity index (χ3n) is 2.33. The quantitative estimate of drug-likeness (QED) is 0.678. The third kappa shape index (κ3) is 2.75. The largest absolute Gasteiger partial charge is 0.289 e. The Bertz CT molecular complexity index is 591. The van der Waals surface area contributed by atoms with Gasteiger partial charge in [0.15, 0.2) is 0 Å². The van der Waals surface area contributed by atoms with Gasteiger partial charge in [-0.2, -0.15) is 10.2 Å². The van der Waals surface area contributed by atoms with Crippen molar-refractivity contribution in [3.63, 3.8) is 0 Å². The highest BCUT2D eigenvalue weighted by atomic mass is 35.5. The summed E-state index contributed by atoms with van der Waals surface area (Å²) in [6.07, 6.45) is 3.04. The van der Waals surface area contributed by atoms with Crippen LogP contribution in [0.4, 0.5) is 0 Å². The molecule has 18 heavy (non-hydrogen) atoms. The van der Waals surface area contributed by atoms with E-state index in [-0.39, 0.29) is 5.91 Å². The fourth-order valence-electron chi connectivity index (χ4n) is 1.39. The summed E-state index contributed by atoms with van der Waals surface area (Å²) in [6, 6.07) is 8.85. The molecule has 0 radical (unpaired) electrons. The van der Waals surface area contributed by atoms with Gasteiger partial charge >= 0.3 is 0 Å². The first kappa shape index (κ1) is 12.3. The minimum atomic E-state index is -0.321. The number of halogens is 1. The van der Waals surface area contributed by atoms with E-state index in [4.69, 9.17) is 11.6 Å². The Morgan fingerprint density at radius 2 is 2.22 bits per heavy atom. The number of amides is 1. The van der Waals surface area contributed by atoms with E-state index >= 15 is 0 Å². The minimum absolute atomic E-state index is 0.321. The number of hydrogen-bond donors (Lipinski definition) is 1. The van der Waals surface area contributed by atoms with E-state index in [9.17, 15) is 4.79 Å². The molecular formula is C12H11ClN4O. The van der Waals surface area contributed by atoms with Crippen LogP contribution in [0.15, 0.2) is 41.6 Å². The van der Waals surface area contributed by atoms with Crippen LogP contribution in [0, 0.1) is 0 Å². The Labute approximate surface area is 109 Å². The molecule has 1 N–H and O–H groups in total. The lowest BCUT2D eigenvalue weighted by Crippen LogP contribution is -2.20. The maximum absolute atomic E-state index is 11.7. The van der Waals surface area contributed by atoms with Crippen LogP contribution in [0.25, 0.3) is 0 Å². The molecule has 0 aliphatic carbocycles. The van der Waals surface area contributed by atoms with Crippen molar-refractivity contribution < 1.29 is 4.79 Å². The minimum Gasteiger partial charge on any atom is -0.266 e. The summed E-state index contributed by atoms with van der Waals surface area (Å²) < 4.78 is 1.47. The van der Waals surface area contributed by atoms with Gasteiger partial charge in [0.05, 0.1) is 6.21 Å². The fourth-order valence-corrected chi connectivity index (χ4v) is 1.58. The van der Waals surface area contributed by atoms with E-state index in [0.717, 1.165) is 5.56 Å². The summed E-state index contributed by atoms with van der Waals surface area (Å²) in [5, 5.41) is 8.33. The number of benzene rings is 1. The lowest BCUT2D eigenvalue weighted by Gasteiger charge is -2.00. The van der Waals surface area contributed by atoms with Crippen molar-refractivity contribution in [2.45, 2.75) is 0 Å². The first-order chi connectivity index (χ1) is 8.68. The fraction of sp³-hybridized carbons (Fsp3) is 0.0833. The lowest BCUT2D eigenvalue weighted by atomic mass is 10.2. The zero-order chi connectivity index (χ0) is 13.0. The average Bonchev–Trinajstić information content (AvgIpc) is 2.78. The highest BCUT2D eigenvalue weighted by Gasteiger charge is 2.07. The lowest BCUT2D eigenvalue weighted by molar-refractivity contribution is 0.0946. The van der Waals surface area contributed by atoms with Crippen molar-refractivity contribution in [1.29, 1.82) is 0 Å².